The van der Waals surface area contributed by atoms with Gasteiger partial charge in [-0.05, 0) is 50.2 Å². The Labute approximate surface area is 182 Å². The lowest BCUT2D eigenvalue weighted by atomic mass is 10.1. The maximum atomic E-state index is 13.2. The zero-order valence-electron chi connectivity index (χ0n) is 16.8. The molecule has 2 aromatic carbocycles. The highest BCUT2D eigenvalue weighted by atomic mass is 32.1. The molecular formula is C22H19FN4O3S. The van der Waals surface area contributed by atoms with Crippen molar-refractivity contribution in [3.8, 4) is 11.3 Å². The Morgan fingerprint density at radius 2 is 1.94 bits per heavy atom. The second-order valence-electron chi connectivity index (χ2n) is 7.11. The summed E-state index contributed by atoms with van der Waals surface area (Å²) in [5.74, 6) is -1.43. The Morgan fingerprint density at radius 1 is 1.19 bits per heavy atom. The summed E-state index contributed by atoms with van der Waals surface area (Å²) in [7, 11) is 0. The Kier molecular flexibility index (Phi) is 5.51. The molecule has 1 unspecified atom stereocenters. The number of aryl methyl sites for hydroxylation is 1. The molecule has 31 heavy (non-hydrogen) atoms. The van der Waals surface area contributed by atoms with Crippen LogP contribution in [-0.2, 0) is 9.59 Å². The molecule has 0 bridgehead atoms. The number of halogens is 1. The van der Waals surface area contributed by atoms with Crippen molar-refractivity contribution >= 4 is 40.6 Å². The van der Waals surface area contributed by atoms with E-state index in [0.29, 0.717) is 11.4 Å². The lowest BCUT2D eigenvalue weighted by molar-refractivity contribution is -0.130. The van der Waals surface area contributed by atoms with Crippen LogP contribution in [0.15, 0.2) is 53.9 Å². The summed E-state index contributed by atoms with van der Waals surface area (Å²) in [6.07, 6.45) is 0. The first-order valence-electron chi connectivity index (χ1n) is 9.56. The molecule has 1 fully saturated rings. The molecular weight excluding hydrogens is 419 g/mol. The number of urea groups is 1. The number of nitrogens with one attached hydrogen (secondary N) is 1. The van der Waals surface area contributed by atoms with E-state index in [9.17, 15) is 18.8 Å². The van der Waals surface area contributed by atoms with Crippen LogP contribution >= 0.6 is 11.3 Å². The highest BCUT2D eigenvalue weighted by molar-refractivity contribution is 7.09. The van der Waals surface area contributed by atoms with Gasteiger partial charge in [-0.1, -0.05) is 12.1 Å². The summed E-state index contributed by atoms with van der Waals surface area (Å²) in [6, 6.07) is 11.1. The van der Waals surface area contributed by atoms with Crippen molar-refractivity contribution in [3.63, 3.8) is 0 Å². The molecule has 0 saturated carbocycles. The van der Waals surface area contributed by atoms with Crippen molar-refractivity contribution in [1.82, 2.24) is 9.88 Å². The van der Waals surface area contributed by atoms with Gasteiger partial charge in [0.25, 0.3) is 5.91 Å². The number of hydrogen-bond acceptors (Lipinski definition) is 5. The minimum Gasteiger partial charge on any atom is -0.325 e. The number of anilines is 2. The van der Waals surface area contributed by atoms with Gasteiger partial charge in [0, 0.05) is 22.3 Å². The van der Waals surface area contributed by atoms with Crippen molar-refractivity contribution in [2.24, 2.45) is 0 Å². The summed E-state index contributed by atoms with van der Waals surface area (Å²) in [6.45, 7) is 3.07. The molecule has 1 aliphatic heterocycles. The van der Waals surface area contributed by atoms with Crippen molar-refractivity contribution in [2.45, 2.75) is 19.9 Å². The average molecular weight is 438 g/mol. The largest absolute Gasteiger partial charge is 0.332 e. The van der Waals surface area contributed by atoms with E-state index in [1.807, 2.05) is 18.4 Å². The normalized spacial score (nSPS) is 16.2. The second kappa shape index (κ2) is 8.27. The molecule has 9 heteroatoms. The number of rotatable bonds is 5. The van der Waals surface area contributed by atoms with E-state index < -0.39 is 36.2 Å². The first kappa shape index (κ1) is 20.7. The SMILES string of the molecule is Cc1nc(-c2cccc(NC(=O)CN3C(=O)C(C)N(c4ccc(F)cc4)C3=O)c2)cs1. The third kappa shape index (κ3) is 4.17. The molecule has 2 heterocycles. The average Bonchev–Trinajstić information content (AvgIpc) is 3.26. The standard InChI is InChI=1S/C22H19FN4O3S/c1-13-21(29)26(22(30)27(13)18-8-6-16(23)7-9-18)11-20(28)25-17-5-3-4-15(10-17)19-12-31-14(2)24-19/h3-10,12-13H,11H2,1-2H3,(H,25,28). The van der Waals surface area contributed by atoms with Crippen LogP contribution in [0.2, 0.25) is 0 Å². The molecule has 1 atom stereocenters. The number of benzene rings is 2. The Balaban J connectivity index is 1.47. The molecule has 0 spiro atoms. The quantitative estimate of drug-likeness (QED) is 0.609. The minimum absolute atomic E-state index is 0.390. The minimum atomic E-state index is -0.790. The molecule has 7 nitrogen and oxygen atoms in total. The van der Waals surface area contributed by atoms with Crippen LogP contribution in [0, 0.1) is 12.7 Å². The summed E-state index contributed by atoms with van der Waals surface area (Å²) in [4.78, 5) is 44.5. The van der Waals surface area contributed by atoms with E-state index in [1.165, 1.54) is 40.5 Å². The smallest absolute Gasteiger partial charge is 0.325 e. The highest BCUT2D eigenvalue weighted by Crippen LogP contribution is 2.27. The molecule has 0 aliphatic carbocycles. The summed E-state index contributed by atoms with van der Waals surface area (Å²) < 4.78 is 13.2. The number of nitrogens with zero attached hydrogens (tertiary/aromatic N) is 3. The highest BCUT2D eigenvalue weighted by Gasteiger charge is 2.44. The molecule has 3 aromatic rings. The summed E-state index contributed by atoms with van der Waals surface area (Å²) in [5.41, 5.74) is 2.59. The van der Waals surface area contributed by atoms with Gasteiger partial charge in [0.15, 0.2) is 0 Å². The molecule has 4 rings (SSSR count). The number of carbonyl (C=O) groups is 3. The van der Waals surface area contributed by atoms with E-state index in [4.69, 9.17) is 0 Å². The Morgan fingerprint density at radius 3 is 2.61 bits per heavy atom. The summed E-state index contributed by atoms with van der Waals surface area (Å²) in [5, 5.41) is 5.60. The van der Waals surface area contributed by atoms with Crippen LogP contribution in [0.3, 0.4) is 0 Å². The molecule has 1 N–H and O–H groups in total. The summed E-state index contributed by atoms with van der Waals surface area (Å²) >= 11 is 1.53. The van der Waals surface area contributed by atoms with Gasteiger partial charge < -0.3 is 5.32 Å². The lowest BCUT2D eigenvalue weighted by Gasteiger charge is -2.19. The van der Waals surface area contributed by atoms with Crippen molar-refractivity contribution in [3.05, 3.63) is 64.7 Å². The monoisotopic (exact) mass is 438 g/mol. The van der Waals surface area contributed by atoms with Gasteiger partial charge in [0.05, 0.1) is 10.7 Å². The fourth-order valence-corrected chi connectivity index (χ4v) is 4.03. The Bertz CT molecular complexity index is 1160. The lowest BCUT2D eigenvalue weighted by Crippen LogP contribution is -2.39. The zero-order valence-corrected chi connectivity index (χ0v) is 17.6. The van der Waals surface area contributed by atoms with E-state index in [0.717, 1.165) is 21.2 Å². The second-order valence-corrected chi connectivity index (χ2v) is 8.17. The molecule has 1 aliphatic rings. The van der Waals surface area contributed by atoms with Gasteiger partial charge in [0.1, 0.15) is 18.4 Å². The molecule has 1 aromatic heterocycles. The van der Waals surface area contributed by atoms with Gasteiger partial charge in [0.2, 0.25) is 5.91 Å². The topological polar surface area (TPSA) is 82.6 Å². The fourth-order valence-electron chi connectivity index (χ4n) is 3.40. The van der Waals surface area contributed by atoms with E-state index >= 15 is 0 Å². The molecule has 0 radical (unpaired) electrons. The van der Waals surface area contributed by atoms with Crippen LogP contribution in [-0.4, -0.2) is 40.3 Å². The molecule has 1 saturated heterocycles. The zero-order chi connectivity index (χ0) is 22.1. The Hall–Kier alpha value is -3.59. The first-order chi connectivity index (χ1) is 14.8. The maximum Gasteiger partial charge on any atom is 0.332 e. The number of aromatic nitrogens is 1. The van der Waals surface area contributed by atoms with Crippen molar-refractivity contribution < 1.29 is 18.8 Å². The van der Waals surface area contributed by atoms with Crippen LogP contribution in [0.25, 0.3) is 11.3 Å². The molecule has 158 valence electrons. The number of hydrogen-bond donors (Lipinski definition) is 1. The van der Waals surface area contributed by atoms with Crippen molar-refractivity contribution in [1.29, 1.82) is 0 Å². The van der Waals surface area contributed by atoms with Crippen LogP contribution < -0.4 is 10.2 Å². The van der Waals surface area contributed by atoms with Crippen LogP contribution in [0.5, 0.6) is 0 Å². The third-order valence-electron chi connectivity index (χ3n) is 4.92. The van der Waals surface area contributed by atoms with Gasteiger partial charge in [-0.2, -0.15) is 0 Å². The number of amides is 4. The first-order valence-corrected chi connectivity index (χ1v) is 10.4. The van der Waals surface area contributed by atoms with Gasteiger partial charge in [-0.25, -0.2) is 14.2 Å². The van der Waals surface area contributed by atoms with E-state index in [-0.39, 0.29) is 0 Å². The number of carbonyl (C=O) groups excluding carboxylic acids is 3. The van der Waals surface area contributed by atoms with Gasteiger partial charge >= 0.3 is 6.03 Å². The van der Waals surface area contributed by atoms with Crippen molar-refractivity contribution in [2.75, 3.05) is 16.8 Å². The van der Waals surface area contributed by atoms with E-state index in [1.54, 1.807) is 25.1 Å². The van der Waals surface area contributed by atoms with Crippen LogP contribution in [0.1, 0.15) is 11.9 Å². The predicted octanol–water partition coefficient (Wildman–Crippen LogP) is 4.05. The number of thiazole rings is 1. The van der Waals surface area contributed by atoms with Gasteiger partial charge in [-0.3, -0.25) is 19.4 Å². The number of imide groups is 1. The third-order valence-corrected chi connectivity index (χ3v) is 5.69. The maximum absolute atomic E-state index is 13.2. The van der Waals surface area contributed by atoms with E-state index in [2.05, 4.69) is 10.3 Å². The fraction of sp³-hybridized carbons (Fsp3) is 0.182. The predicted molar refractivity (Wildman–Crippen MR) is 116 cm³/mol. The molecule has 4 amide bonds. The van der Waals surface area contributed by atoms with Crippen LogP contribution in [0.4, 0.5) is 20.6 Å². The van der Waals surface area contributed by atoms with Gasteiger partial charge in [-0.15, -0.1) is 11.3 Å².